The van der Waals surface area contributed by atoms with Gasteiger partial charge in [0.2, 0.25) is 0 Å². The fourth-order valence-electron chi connectivity index (χ4n) is 1.86. The van der Waals surface area contributed by atoms with Gasteiger partial charge in [0.05, 0.1) is 18.7 Å². The highest BCUT2D eigenvalue weighted by atomic mass is 35.5. The summed E-state index contributed by atoms with van der Waals surface area (Å²) in [4.78, 5) is 0. The zero-order valence-electron chi connectivity index (χ0n) is 11.4. The van der Waals surface area contributed by atoms with Crippen LogP contribution in [0.4, 0.5) is 4.39 Å². The molecule has 0 saturated carbocycles. The SMILES string of the molecule is COc1ccc(CCl)cc1OCc1cc(F)ccc1C#N. The van der Waals surface area contributed by atoms with E-state index in [0.29, 0.717) is 28.5 Å². The number of benzene rings is 2. The number of alkyl halides is 1. The molecule has 5 heteroatoms. The van der Waals surface area contributed by atoms with Gasteiger partial charge in [-0.25, -0.2) is 4.39 Å². The molecule has 0 amide bonds. The Kier molecular flexibility index (Phi) is 5.02. The Morgan fingerprint density at radius 1 is 1.19 bits per heavy atom. The lowest BCUT2D eigenvalue weighted by Gasteiger charge is -2.12. The van der Waals surface area contributed by atoms with Gasteiger partial charge in [-0.05, 0) is 35.9 Å². The summed E-state index contributed by atoms with van der Waals surface area (Å²) < 4.78 is 24.1. The van der Waals surface area contributed by atoms with E-state index in [1.54, 1.807) is 12.1 Å². The van der Waals surface area contributed by atoms with Crippen LogP contribution in [0, 0.1) is 17.1 Å². The summed E-state index contributed by atoms with van der Waals surface area (Å²) in [6.07, 6.45) is 0. The van der Waals surface area contributed by atoms with Gasteiger partial charge in [0, 0.05) is 11.4 Å². The number of methoxy groups -OCH3 is 1. The molecular weight excluding hydrogens is 293 g/mol. The van der Waals surface area contributed by atoms with Crippen molar-refractivity contribution in [2.45, 2.75) is 12.5 Å². The molecule has 0 bridgehead atoms. The van der Waals surface area contributed by atoms with Crippen LogP contribution in [0.3, 0.4) is 0 Å². The first-order valence-electron chi connectivity index (χ1n) is 6.22. The number of halogens is 2. The third-order valence-corrected chi connectivity index (χ3v) is 3.26. The third kappa shape index (κ3) is 3.65. The second-order valence-corrected chi connectivity index (χ2v) is 4.59. The molecule has 2 aromatic carbocycles. The van der Waals surface area contributed by atoms with Crippen molar-refractivity contribution in [2.75, 3.05) is 7.11 Å². The zero-order chi connectivity index (χ0) is 15.2. The number of hydrogen-bond donors (Lipinski definition) is 0. The van der Waals surface area contributed by atoms with Crippen LogP contribution in [0.25, 0.3) is 0 Å². The van der Waals surface area contributed by atoms with Crippen molar-refractivity contribution in [3.05, 3.63) is 58.9 Å². The highest BCUT2D eigenvalue weighted by Gasteiger charge is 2.09. The average molecular weight is 306 g/mol. The van der Waals surface area contributed by atoms with Crippen molar-refractivity contribution >= 4 is 11.6 Å². The summed E-state index contributed by atoms with van der Waals surface area (Å²) in [5.41, 5.74) is 1.74. The minimum absolute atomic E-state index is 0.0722. The van der Waals surface area contributed by atoms with Crippen molar-refractivity contribution in [2.24, 2.45) is 0 Å². The molecule has 2 aromatic rings. The van der Waals surface area contributed by atoms with Crippen molar-refractivity contribution in [3.63, 3.8) is 0 Å². The lowest BCUT2D eigenvalue weighted by atomic mass is 10.1. The molecule has 2 rings (SSSR count). The van der Waals surface area contributed by atoms with Gasteiger partial charge in [-0.3, -0.25) is 0 Å². The quantitative estimate of drug-likeness (QED) is 0.783. The molecule has 3 nitrogen and oxygen atoms in total. The second kappa shape index (κ2) is 6.96. The fourth-order valence-corrected chi connectivity index (χ4v) is 2.03. The van der Waals surface area contributed by atoms with Gasteiger partial charge in [-0.2, -0.15) is 5.26 Å². The van der Waals surface area contributed by atoms with E-state index in [2.05, 4.69) is 0 Å². The number of hydrogen-bond acceptors (Lipinski definition) is 3. The van der Waals surface area contributed by atoms with Crippen LogP contribution in [0.1, 0.15) is 16.7 Å². The highest BCUT2D eigenvalue weighted by molar-refractivity contribution is 6.17. The van der Waals surface area contributed by atoms with Crippen LogP contribution in [-0.2, 0) is 12.5 Å². The minimum Gasteiger partial charge on any atom is -0.493 e. The van der Waals surface area contributed by atoms with E-state index in [9.17, 15) is 4.39 Å². The summed E-state index contributed by atoms with van der Waals surface area (Å²) >= 11 is 5.79. The van der Waals surface area contributed by atoms with Crippen LogP contribution in [0.2, 0.25) is 0 Å². The highest BCUT2D eigenvalue weighted by Crippen LogP contribution is 2.29. The van der Waals surface area contributed by atoms with Crippen molar-refractivity contribution in [1.29, 1.82) is 5.26 Å². The van der Waals surface area contributed by atoms with E-state index in [0.717, 1.165) is 5.56 Å². The fraction of sp³-hybridized carbons (Fsp3) is 0.188. The van der Waals surface area contributed by atoms with Crippen LogP contribution in [-0.4, -0.2) is 7.11 Å². The summed E-state index contributed by atoms with van der Waals surface area (Å²) in [7, 11) is 1.53. The van der Waals surface area contributed by atoms with Gasteiger partial charge in [0.1, 0.15) is 12.4 Å². The van der Waals surface area contributed by atoms with E-state index >= 15 is 0 Å². The Bertz CT molecular complexity index is 682. The first kappa shape index (κ1) is 15.1. The van der Waals surface area contributed by atoms with Crippen molar-refractivity contribution in [3.8, 4) is 17.6 Å². The Hall–Kier alpha value is -2.25. The molecule has 0 radical (unpaired) electrons. The standard InChI is InChI=1S/C16H13ClFNO2/c1-20-15-5-2-11(8-17)6-16(15)21-10-13-7-14(18)4-3-12(13)9-19/h2-7H,8,10H2,1H3. The molecule has 0 N–H and O–H groups in total. The van der Waals surface area contributed by atoms with Crippen molar-refractivity contribution in [1.82, 2.24) is 0 Å². The lowest BCUT2D eigenvalue weighted by Crippen LogP contribution is -2.01. The predicted molar refractivity (Wildman–Crippen MR) is 78.0 cm³/mol. The van der Waals surface area contributed by atoms with Crippen LogP contribution >= 0.6 is 11.6 Å². The molecule has 0 aliphatic heterocycles. The maximum atomic E-state index is 13.3. The first-order valence-corrected chi connectivity index (χ1v) is 6.75. The van der Waals surface area contributed by atoms with E-state index in [1.165, 1.54) is 25.3 Å². The maximum absolute atomic E-state index is 13.3. The molecular formula is C16H13ClFNO2. The van der Waals surface area contributed by atoms with Gasteiger partial charge in [0.25, 0.3) is 0 Å². The number of rotatable bonds is 5. The minimum atomic E-state index is -0.408. The Morgan fingerprint density at radius 3 is 2.67 bits per heavy atom. The average Bonchev–Trinajstić information content (AvgIpc) is 2.52. The number of ether oxygens (including phenoxy) is 2. The molecule has 21 heavy (non-hydrogen) atoms. The predicted octanol–water partition coefficient (Wildman–Crippen LogP) is 4.02. The van der Waals surface area contributed by atoms with Crippen LogP contribution in [0.5, 0.6) is 11.5 Å². The molecule has 0 aromatic heterocycles. The van der Waals surface area contributed by atoms with Crippen LogP contribution < -0.4 is 9.47 Å². The Labute approximate surface area is 127 Å². The molecule has 0 fully saturated rings. The summed E-state index contributed by atoms with van der Waals surface area (Å²) in [5.74, 6) is 1.00. The molecule has 0 spiro atoms. The molecule has 0 aliphatic carbocycles. The normalized spacial score (nSPS) is 10.0. The largest absolute Gasteiger partial charge is 0.493 e. The molecule has 108 valence electrons. The van der Waals surface area contributed by atoms with Gasteiger partial charge >= 0.3 is 0 Å². The first-order chi connectivity index (χ1) is 10.2. The number of nitriles is 1. The van der Waals surface area contributed by atoms with E-state index in [1.807, 2.05) is 12.1 Å². The van der Waals surface area contributed by atoms with E-state index in [-0.39, 0.29) is 6.61 Å². The van der Waals surface area contributed by atoms with Gasteiger partial charge in [-0.1, -0.05) is 6.07 Å². The second-order valence-electron chi connectivity index (χ2n) is 4.32. The zero-order valence-corrected chi connectivity index (χ0v) is 12.2. The summed E-state index contributed by atoms with van der Waals surface area (Å²) in [5, 5.41) is 9.02. The third-order valence-electron chi connectivity index (χ3n) is 2.95. The topological polar surface area (TPSA) is 42.2 Å². The summed E-state index contributed by atoms with van der Waals surface area (Å²) in [6.45, 7) is 0.0722. The van der Waals surface area contributed by atoms with E-state index < -0.39 is 5.82 Å². The van der Waals surface area contributed by atoms with Crippen LogP contribution in [0.15, 0.2) is 36.4 Å². The molecule has 0 heterocycles. The maximum Gasteiger partial charge on any atom is 0.161 e. The Balaban J connectivity index is 2.24. The molecule has 0 aliphatic rings. The Morgan fingerprint density at radius 2 is 2.00 bits per heavy atom. The monoisotopic (exact) mass is 305 g/mol. The van der Waals surface area contributed by atoms with Crippen molar-refractivity contribution < 1.29 is 13.9 Å². The molecule has 0 unspecified atom stereocenters. The van der Waals surface area contributed by atoms with E-state index in [4.69, 9.17) is 26.3 Å². The van der Waals surface area contributed by atoms with Gasteiger partial charge < -0.3 is 9.47 Å². The number of nitrogens with zero attached hydrogens (tertiary/aromatic N) is 1. The summed E-state index contributed by atoms with van der Waals surface area (Å²) in [6, 6.07) is 11.3. The smallest absolute Gasteiger partial charge is 0.161 e. The molecule has 0 atom stereocenters. The lowest BCUT2D eigenvalue weighted by molar-refractivity contribution is 0.283. The van der Waals surface area contributed by atoms with Gasteiger partial charge in [-0.15, -0.1) is 11.6 Å². The molecule has 0 saturated heterocycles. The van der Waals surface area contributed by atoms with Gasteiger partial charge in [0.15, 0.2) is 11.5 Å².